The van der Waals surface area contributed by atoms with Gasteiger partial charge in [-0.05, 0) is 42.5 Å². The molecule has 1 heterocycles. The number of benzene rings is 2. The highest BCUT2D eigenvalue weighted by Crippen LogP contribution is 2.26. The number of hydrogen-bond acceptors (Lipinski definition) is 6. The van der Waals surface area contributed by atoms with E-state index in [9.17, 15) is 4.79 Å². The molecular weight excluding hydrogens is 422 g/mol. The first-order chi connectivity index (χ1) is 14.5. The number of nitrogens with zero attached hydrogens (tertiary/aromatic N) is 4. The third kappa shape index (κ3) is 5.00. The van der Waals surface area contributed by atoms with Crippen LogP contribution >= 0.6 is 23.4 Å². The SMILES string of the molecule is C=CCn1c(SCC(=O)Nc2ccc(C#N)c(Cl)c2)nnc1-c1ccc(OC)cc1. The van der Waals surface area contributed by atoms with Gasteiger partial charge in [-0.3, -0.25) is 9.36 Å². The molecule has 7 nitrogen and oxygen atoms in total. The van der Waals surface area contributed by atoms with Crippen molar-refractivity contribution in [3.05, 3.63) is 65.7 Å². The fourth-order valence-corrected chi connectivity index (χ4v) is 3.62. The van der Waals surface area contributed by atoms with Crippen LogP contribution in [-0.4, -0.2) is 33.5 Å². The predicted octanol–water partition coefficient (Wildman–Crippen LogP) is 4.40. The first-order valence-corrected chi connectivity index (χ1v) is 10.2. The number of methoxy groups -OCH3 is 1. The number of thioether (sulfide) groups is 1. The number of anilines is 1. The summed E-state index contributed by atoms with van der Waals surface area (Å²) in [6.45, 7) is 4.30. The Balaban J connectivity index is 1.71. The molecule has 1 amide bonds. The summed E-state index contributed by atoms with van der Waals surface area (Å²) in [6.07, 6.45) is 1.75. The molecule has 3 aromatic rings. The fourth-order valence-electron chi connectivity index (χ4n) is 2.65. The molecule has 0 aliphatic heterocycles. The number of aromatic nitrogens is 3. The molecule has 0 fully saturated rings. The maximum atomic E-state index is 12.3. The number of rotatable bonds is 8. The lowest BCUT2D eigenvalue weighted by Crippen LogP contribution is -2.14. The number of nitriles is 1. The summed E-state index contributed by atoms with van der Waals surface area (Å²) in [5, 5.41) is 21.1. The fraction of sp³-hybridized carbons (Fsp3) is 0.143. The Labute approximate surface area is 183 Å². The van der Waals surface area contributed by atoms with E-state index in [1.807, 2.05) is 34.9 Å². The second-order valence-corrected chi connectivity index (χ2v) is 7.43. The maximum absolute atomic E-state index is 12.3. The van der Waals surface area contributed by atoms with Crippen molar-refractivity contribution in [2.75, 3.05) is 18.2 Å². The van der Waals surface area contributed by atoms with Gasteiger partial charge in [0.2, 0.25) is 5.91 Å². The molecule has 30 heavy (non-hydrogen) atoms. The molecule has 0 radical (unpaired) electrons. The van der Waals surface area contributed by atoms with Crippen molar-refractivity contribution in [2.24, 2.45) is 0 Å². The molecule has 0 bridgehead atoms. The molecule has 1 aromatic heterocycles. The van der Waals surface area contributed by atoms with Gasteiger partial charge in [-0.1, -0.05) is 29.4 Å². The standard InChI is InChI=1S/C21H18ClN5O2S/c1-3-10-27-20(14-5-8-17(29-2)9-6-14)25-26-21(27)30-13-19(28)24-16-7-4-15(12-23)18(22)11-16/h3-9,11H,1,10,13H2,2H3,(H,24,28). The molecule has 2 aromatic carbocycles. The van der Waals surface area contributed by atoms with Gasteiger partial charge in [-0.15, -0.1) is 16.8 Å². The highest BCUT2D eigenvalue weighted by Gasteiger charge is 2.15. The van der Waals surface area contributed by atoms with E-state index in [1.54, 1.807) is 31.4 Å². The van der Waals surface area contributed by atoms with Crippen LogP contribution in [0.4, 0.5) is 5.69 Å². The van der Waals surface area contributed by atoms with Gasteiger partial charge in [0.05, 0.1) is 23.4 Å². The van der Waals surface area contributed by atoms with Gasteiger partial charge < -0.3 is 10.1 Å². The summed E-state index contributed by atoms with van der Waals surface area (Å²) in [7, 11) is 1.61. The van der Waals surface area contributed by atoms with E-state index in [1.165, 1.54) is 11.8 Å². The summed E-state index contributed by atoms with van der Waals surface area (Å²) in [5.74, 6) is 1.34. The minimum atomic E-state index is -0.222. The Hall–Kier alpha value is -3.28. The van der Waals surface area contributed by atoms with E-state index in [4.69, 9.17) is 21.6 Å². The molecule has 0 aliphatic rings. The number of allylic oxidation sites excluding steroid dienone is 1. The van der Waals surface area contributed by atoms with Crippen molar-refractivity contribution in [3.63, 3.8) is 0 Å². The zero-order valence-corrected chi connectivity index (χ0v) is 17.7. The minimum Gasteiger partial charge on any atom is -0.497 e. The molecule has 1 N–H and O–H groups in total. The van der Waals surface area contributed by atoms with Crippen LogP contribution < -0.4 is 10.1 Å². The van der Waals surface area contributed by atoms with Gasteiger partial charge in [0.15, 0.2) is 11.0 Å². The number of ether oxygens (including phenoxy) is 1. The van der Waals surface area contributed by atoms with Crippen LogP contribution in [-0.2, 0) is 11.3 Å². The van der Waals surface area contributed by atoms with Crippen LogP contribution in [0.2, 0.25) is 5.02 Å². The second-order valence-electron chi connectivity index (χ2n) is 6.08. The molecule has 0 spiro atoms. The van der Waals surface area contributed by atoms with Crippen molar-refractivity contribution in [3.8, 4) is 23.2 Å². The zero-order chi connectivity index (χ0) is 21.5. The summed E-state index contributed by atoms with van der Waals surface area (Å²) in [5.41, 5.74) is 1.76. The van der Waals surface area contributed by atoms with Crippen LogP contribution in [0.5, 0.6) is 5.75 Å². The van der Waals surface area contributed by atoms with E-state index in [0.29, 0.717) is 28.8 Å². The Morgan fingerprint density at radius 2 is 2.10 bits per heavy atom. The Morgan fingerprint density at radius 3 is 2.73 bits per heavy atom. The third-order valence-corrected chi connectivity index (χ3v) is 5.36. The molecule has 0 saturated carbocycles. The normalized spacial score (nSPS) is 10.3. The van der Waals surface area contributed by atoms with E-state index in [0.717, 1.165) is 11.3 Å². The van der Waals surface area contributed by atoms with E-state index in [-0.39, 0.29) is 16.7 Å². The zero-order valence-electron chi connectivity index (χ0n) is 16.1. The van der Waals surface area contributed by atoms with Crippen LogP contribution in [0.25, 0.3) is 11.4 Å². The number of hydrogen-bond donors (Lipinski definition) is 1. The molecule has 0 saturated heterocycles. The van der Waals surface area contributed by atoms with Gasteiger partial charge in [-0.25, -0.2) is 0 Å². The van der Waals surface area contributed by atoms with Crippen molar-refractivity contribution in [1.82, 2.24) is 14.8 Å². The van der Waals surface area contributed by atoms with Crippen LogP contribution in [0.15, 0.2) is 60.3 Å². The molecule has 3 rings (SSSR count). The van der Waals surface area contributed by atoms with Crippen LogP contribution in [0.3, 0.4) is 0 Å². The van der Waals surface area contributed by atoms with Crippen LogP contribution in [0, 0.1) is 11.3 Å². The van der Waals surface area contributed by atoms with E-state index < -0.39 is 0 Å². The Bertz CT molecular complexity index is 1110. The predicted molar refractivity (Wildman–Crippen MR) is 118 cm³/mol. The lowest BCUT2D eigenvalue weighted by molar-refractivity contribution is -0.113. The molecule has 0 atom stereocenters. The summed E-state index contributed by atoms with van der Waals surface area (Å²) < 4.78 is 7.08. The lowest BCUT2D eigenvalue weighted by Gasteiger charge is -2.09. The Kier molecular flexibility index (Phi) is 7.12. The van der Waals surface area contributed by atoms with Crippen molar-refractivity contribution >= 4 is 35.0 Å². The molecule has 0 unspecified atom stereocenters. The largest absolute Gasteiger partial charge is 0.497 e. The van der Waals surface area contributed by atoms with Crippen molar-refractivity contribution < 1.29 is 9.53 Å². The lowest BCUT2D eigenvalue weighted by atomic mass is 10.2. The highest BCUT2D eigenvalue weighted by molar-refractivity contribution is 7.99. The average Bonchev–Trinajstić information content (AvgIpc) is 3.15. The molecular formula is C21H18ClN5O2S. The monoisotopic (exact) mass is 439 g/mol. The quantitative estimate of drug-likeness (QED) is 0.413. The van der Waals surface area contributed by atoms with E-state index in [2.05, 4.69) is 22.1 Å². The van der Waals surface area contributed by atoms with E-state index >= 15 is 0 Å². The van der Waals surface area contributed by atoms with Crippen molar-refractivity contribution in [2.45, 2.75) is 11.7 Å². The van der Waals surface area contributed by atoms with Gasteiger partial charge in [0, 0.05) is 17.8 Å². The summed E-state index contributed by atoms with van der Waals surface area (Å²) in [4.78, 5) is 12.3. The summed E-state index contributed by atoms with van der Waals surface area (Å²) in [6, 6.07) is 14.2. The number of carbonyl (C=O) groups excluding carboxylic acids is 1. The van der Waals surface area contributed by atoms with Gasteiger partial charge in [0.25, 0.3) is 0 Å². The minimum absolute atomic E-state index is 0.134. The van der Waals surface area contributed by atoms with Gasteiger partial charge in [-0.2, -0.15) is 5.26 Å². The number of halogens is 1. The first-order valence-electron chi connectivity index (χ1n) is 8.86. The third-order valence-electron chi connectivity index (χ3n) is 4.08. The van der Waals surface area contributed by atoms with Gasteiger partial charge >= 0.3 is 0 Å². The first kappa shape index (κ1) is 21.4. The molecule has 0 aliphatic carbocycles. The van der Waals surface area contributed by atoms with Gasteiger partial charge in [0.1, 0.15) is 11.8 Å². The number of carbonyl (C=O) groups is 1. The molecule has 9 heteroatoms. The van der Waals surface area contributed by atoms with Crippen LogP contribution in [0.1, 0.15) is 5.56 Å². The molecule has 152 valence electrons. The second kappa shape index (κ2) is 9.96. The maximum Gasteiger partial charge on any atom is 0.234 e. The average molecular weight is 440 g/mol. The number of nitrogens with one attached hydrogen (secondary N) is 1. The number of amides is 1. The highest BCUT2D eigenvalue weighted by atomic mass is 35.5. The summed E-state index contributed by atoms with van der Waals surface area (Å²) >= 11 is 7.27. The topological polar surface area (TPSA) is 92.8 Å². The van der Waals surface area contributed by atoms with Crippen molar-refractivity contribution in [1.29, 1.82) is 5.26 Å². The smallest absolute Gasteiger partial charge is 0.234 e. The Morgan fingerprint density at radius 1 is 1.33 bits per heavy atom.